The predicted molar refractivity (Wildman–Crippen MR) is 68.1 cm³/mol. The smallest absolute Gasteiger partial charge is 0.416 e. The molecule has 0 saturated carbocycles. The van der Waals surface area contributed by atoms with Gasteiger partial charge in [-0.1, -0.05) is 6.07 Å². The largest absolute Gasteiger partial charge is 0.457 e. The topological polar surface area (TPSA) is 50.1 Å². The minimum Gasteiger partial charge on any atom is -0.457 e. The van der Waals surface area contributed by atoms with E-state index in [1.807, 2.05) is 6.07 Å². The summed E-state index contributed by atoms with van der Waals surface area (Å²) in [6.07, 6.45) is -3.94. The Balaban J connectivity index is 2.31. The molecule has 0 aliphatic carbocycles. The zero-order valence-corrected chi connectivity index (χ0v) is 10.5. The highest BCUT2D eigenvalue weighted by Crippen LogP contribution is 2.32. The van der Waals surface area contributed by atoms with Crippen molar-refractivity contribution >= 4 is 6.29 Å². The molecular formula is C15H8F3NO2. The molecule has 0 aliphatic heterocycles. The number of carbonyl (C=O) groups excluding carboxylic acids is 1. The fourth-order valence-corrected chi connectivity index (χ4v) is 1.67. The highest BCUT2D eigenvalue weighted by molar-refractivity contribution is 5.79. The quantitative estimate of drug-likeness (QED) is 0.797. The first-order valence-electron chi connectivity index (χ1n) is 5.78. The molecule has 2 rings (SSSR count). The van der Waals surface area contributed by atoms with Crippen molar-refractivity contribution in [2.24, 2.45) is 0 Å². The van der Waals surface area contributed by atoms with Gasteiger partial charge >= 0.3 is 6.18 Å². The van der Waals surface area contributed by atoms with Crippen LogP contribution in [0.4, 0.5) is 13.2 Å². The molecule has 3 nitrogen and oxygen atoms in total. The van der Waals surface area contributed by atoms with E-state index in [2.05, 4.69) is 0 Å². The van der Waals surface area contributed by atoms with Crippen LogP contribution in [0.15, 0.2) is 42.5 Å². The van der Waals surface area contributed by atoms with Crippen molar-refractivity contribution in [2.45, 2.75) is 6.18 Å². The first kappa shape index (κ1) is 14.6. The second-order valence-corrected chi connectivity index (χ2v) is 4.11. The molecule has 0 saturated heterocycles. The SMILES string of the molecule is N#Cc1cc(Oc2cccc(C(F)(F)F)c2)ccc1C=O. The van der Waals surface area contributed by atoms with Gasteiger partial charge in [0.05, 0.1) is 11.1 Å². The first-order valence-corrected chi connectivity index (χ1v) is 5.78. The molecular weight excluding hydrogens is 283 g/mol. The van der Waals surface area contributed by atoms with Crippen molar-refractivity contribution in [3.8, 4) is 17.6 Å². The van der Waals surface area contributed by atoms with Gasteiger partial charge in [-0.25, -0.2) is 0 Å². The summed E-state index contributed by atoms with van der Waals surface area (Å²) in [5.74, 6) is 0.170. The minimum atomic E-state index is -4.46. The van der Waals surface area contributed by atoms with Gasteiger partial charge in [-0.15, -0.1) is 0 Å². The molecule has 0 bridgehead atoms. The molecule has 0 atom stereocenters. The standard InChI is InChI=1S/C15H8F3NO2/c16-15(17,18)12-2-1-3-13(7-12)21-14-5-4-10(9-20)11(6-14)8-19/h1-7,9H. The Labute approximate surface area is 118 Å². The summed E-state index contributed by atoms with van der Waals surface area (Å²) in [6.45, 7) is 0. The fraction of sp³-hybridized carbons (Fsp3) is 0.0667. The minimum absolute atomic E-state index is 0.00688. The normalized spacial score (nSPS) is 10.8. The second-order valence-electron chi connectivity index (χ2n) is 4.11. The van der Waals surface area contributed by atoms with E-state index in [4.69, 9.17) is 10.00 Å². The average molecular weight is 291 g/mol. The molecule has 0 N–H and O–H groups in total. The predicted octanol–water partition coefficient (Wildman–Crippen LogP) is 4.18. The summed E-state index contributed by atoms with van der Waals surface area (Å²) < 4.78 is 43.0. The van der Waals surface area contributed by atoms with Gasteiger partial charge < -0.3 is 4.74 Å². The molecule has 0 spiro atoms. The Bertz CT molecular complexity index is 718. The van der Waals surface area contributed by atoms with Crippen LogP contribution in [0.1, 0.15) is 21.5 Å². The number of alkyl halides is 3. The second kappa shape index (κ2) is 5.67. The monoisotopic (exact) mass is 291 g/mol. The molecule has 106 valence electrons. The van der Waals surface area contributed by atoms with Crippen molar-refractivity contribution < 1.29 is 22.7 Å². The van der Waals surface area contributed by atoms with Gasteiger partial charge in [0.1, 0.15) is 17.6 Å². The molecule has 21 heavy (non-hydrogen) atoms. The lowest BCUT2D eigenvalue weighted by molar-refractivity contribution is -0.137. The van der Waals surface area contributed by atoms with E-state index < -0.39 is 11.7 Å². The Morgan fingerprint density at radius 3 is 2.43 bits per heavy atom. The molecule has 0 amide bonds. The average Bonchev–Trinajstić information content (AvgIpc) is 2.46. The van der Waals surface area contributed by atoms with Crippen LogP contribution in [0.5, 0.6) is 11.5 Å². The first-order chi connectivity index (χ1) is 9.94. The number of benzene rings is 2. The third-order valence-electron chi connectivity index (χ3n) is 2.67. The Hall–Kier alpha value is -2.81. The van der Waals surface area contributed by atoms with Crippen molar-refractivity contribution in [1.82, 2.24) is 0 Å². The summed E-state index contributed by atoms with van der Waals surface area (Å²) >= 11 is 0. The summed E-state index contributed by atoms with van der Waals surface area (Å²) in [6, 6.07) is 10.3. The summed E-state index contributed by atoms with van der Waals surface area (Å²) in [5.41, 5.74) is -0.548. The number of hydrogen-bond acceptors (Lipinski definition) is 3. The van der Waals surface area contributed by atoms with Gasteiger partial charge in [0.15, 0.2) is 6.29 Å². The molecule has 2 aromatic carbocycles. The van der Waals surface area contributed by atoms with Gasteiger partial charge in [0.25, 0.3) is 0 Å². The Morgan fingerprint density at radius 1 is 1.10 bits per heavy atom. The fourth-order valence-electron chi connectivity index (χ4n) is 1.67. The number of halogens is 3. The van der Waals surface area contributed by atoms with E-state index in [1.54, 1.807) is 0 Å². The van der Waals surface area contributed by atoms with E-state index in [-0.39, 0.29) is 22.6 Å². The van der Waals surface area contributed by atoms with Gasteiger partial charge in [0, 0.05) is 5.56 Å². The van der Waals surface area contributed by atoms with Crippen LogP contribution in [0.2, 0.25) is 0 Å². The van der Waals surface area contributed by atoms with Crippen molar-refractivity contribution in [2.75, 3.05) is 0 Å². The number of aldehydes is 1. The molecule has 0 radical (unpaired) electrons. The van der Waals surface area contributed by atoms with Crippen molar-refractivity contribution in [3.63, 3.8) is 0 Å². The zero-order valence-electron chi connectivity index (χ0n) is 10.5. The zero-order chi connectivity index (χ0) is 15.5. The molecule has 0 aliphatic rings. The van der Waals surface area contributed by atoms with Crippen LogP contribution in [0.25, 0.3) is 0 Å². The summed E-state index contributed by atoms with van der Waals surface area (Å²) in [5, 5.41) is 8.88. The maximum Gasteiger partial charge on any atom is 0.416 e. The third-order valence-corrected chi connectivity index (χ3v) is 2.67. The van der Waals surface area contributed by atoms with Gasteiger partial charge in [0.2, 0.25) is 0 Å². The summed E-state index contributed by atoms with van der Waals surface area (Å²) in [7, 11) is 0. The van der Waals surface area contributed by atoms with E-state index in [0.717, 1.165) is 12.1 Å². The van der Waals surface area contributed by atoms with E-state index >= 15 is 0 Å². The third kappa shape index (κ3) is 3.39. The van der Waals surface area contributed by atoms with Crippen LogP contribution in [-0.2, 0) is 6.18 Å². The van der Waals surface area contributed by atoms with Crippen LogP contribution < -0.4 is 4.74 Å². The van der Waals surface area contributed by atoms with Crippen molar-refractivity contribution in [3.05, 3.63) is 59.2 Å². The number of nitrogens with zero attached hydrogens (tertiary/aromatic N) is 1. The maximum absolute atomic E-state index is 12.6. The van der Waals surface area contributed by atoms with Crippen molar-refractivity contribution in [1.29, 1.82) is 5.26 Å². The number of nitriles is 1. The van der Waals surface area contributed by atoms with E-state index in [0.29, 0.717) is 6.29 Å². The van der Waals surface area contributed by atoms with Crippen LogP contribution in [0, 0.1) is 11.3 Å². The van der Waals surface area contributed by atoms with Gasteiger partial charge in [-0.2, -0.15) is 18.4 Å². The van der Waals surface area contributed by atoms with Crippen LogP contribution in [-0.4, -0.2) is 6.29 Å². The van der Waals surface area contributed by atoms with E-state index in [9.17, 15) is 18.0 Å². The number of rotatable bonds is 3. The van der Waals surface area contributed by atoms with Gasteiger partial charge in [-0.3, -0.25) is 4.79 Å². The molecule has 0 fully saturated rings. The van der Waals surface area contributed by atoms with Crippen LogP contribution >= 0.6 is 0 Å². The molecule has 6 heteroatoms. The maximum atomic E-state index is 12.6. The highest BCUT2D eigenvalue weighted by atomic mass is 19.4. The van der Waals surface area contributed by atoms with E-state index in [1.165, 1.54) is 30.3 Å². The molecule has 2 aromatic rings. The van der Waals surface area contributed by atoms with Crippen LogP contribution in [0.3, 0.4) is 0 Å². The Morgan fingerprint density at radius 2 is 1.81 bits per heavy atom. The summed E-state index contributed by atoms with van der Waals surface area (Å²) in [4.78, 5) is 10.7. The number of carbonyl (C=O) groups is 1. The number of ether oxygens (including phenoxy) is 1. The van der Waals surface area contributed by atoms with Gasteiger partial charge in [-0.05, 0) is 36.4 Å². The Kier molecular flexibility index (Phi) is 3.94. The lowest BCUT2D eigenvalue weighted by Crippen LogP contribution is -2.04. The lowest BCUT2D eigenvalue weighted by atomic mass is 10.1. The molecule has 0 heterocycles. The highest BCUT2D eigenvalue weighted by Gasteiger charge is 2.30. The lowest BCUT2D eigenvalue weighted by Gasteiger charge is -2.10. The molecule has 0 unspecified atom stereocenters. The number of hydrogen-bond donors (Lipinski definition) is 0. The molecule has 0 aromatic heterocycles.